The molecular formula is C26H40N4O2. The zero-order valence-electron chi connectivity index (χ0n) is 19.8. The Morgan fingerprint density at radius 3 is 2.66 bits per heavy atom. The Labute approximate surface area is 192 Å². The van der Waals surface area contributed by atoms with Crippen LogP contribution >= 0.6 is 0 Å². The Morgan fingerprint density at radius 1 is 1.00 bits per heavy atom. The van der Waals surface area contributed by atoms with Crippen LogP contribution in [0.15, 0.2) is 12.1 Å². The zero-order chi connectivity index (χ0) is 22.2. The molecule has 0 radical (unpaired) electrons. The van der Waals surface area contributed by atoms with Crippen LogP contribution in [0.25, 0.3) is 10.9 Å². The van der Waals surface area contributed by atoms with E-state index in [1.54, 1.807) is 7.11 Å². The molecule has 0 saturated carbocycles. The van der Waals surface area contributed by atoms with Crippen molar-refractivity contribution in [1.82, 2.24) is 9.88 Å². The molecule has 0 amide bonds. The van der Waals surface area contributed by atoms with Crippen molar-refractivity contribution in [3.63, 3.8) is 0 Å². The summed E-state index contributed by atoms with van der Waals surface area (Å²) in [6.07, 6.45) is 11.8. The number of nitrogens with two attached hydrogens (primary N) is 1. The maximum atomic E-state index is 6.17. The number of aromatic nitrogens is 1. The van der Waals surface area contributed by atoms with E-state index in [1.165, 1.54) is 62.1 Å². The summed E-state index contributed by atoms with van der Waals surface area (Å²) >= 11 is 0. The van der Waals surface area contributed by atoms with E-state index in [1.807, 2.05) is 0 Å². The highest BCUT2D eigenvalue weighted by Gasteiger charge is 2.21. The maximum Gasteiger partial charge on any atom is 0.163 e. The molecule has 6 nitrogen and oxygen atoms in total. The quantitative estimate of drug-likeness (QED) is 0.446. The van der Waals surface area contributed by atoms with Crippen molar-refractivity contribution in [2.24, 2.45) is 5.73 Å². The first-order chi connectivity index (χ1) is 15.8. The van der Waals surface area contributed by atoms with Gasteiger partial charge < -0.3 is 25.4 Å². The van der Waals surface area contributed by atoms with Crippen molar-refractivity contribution in [2.45, 2.75) is 64.2 Å². The van der Waals surface area contributed by atoms with Gasteiger partial charge in [0.1, 0.15) is 0 Å². The fraction of sp³-hybridized carbons (Fsp3) is 0.654. The molecule has 1 aromatic heterocycles. The number of methoxy groups -OCH3 is 1. The minimum Gasteiger partial charge on any atom is -0.493 e. The van der Waals surface area contributed by atoms with Gasteiger partial charge in [-0.3, -0.25) is 4.98 Å². The van der Waals surface area contributed by atoms with Crippen molar-refractivity contribution < 1.29 is 9.47 Å². The lowest BCUT2D eigenvalue weighted by Gasteiger charge is -2.18. The summed E-state index contributed by atoms with van der Waals surface area (Å²) in [5, 5.41) is 4.89. The smallest absolute Gasteiger partial charge is 0.163 e. The van der Waals surface area contributed by atoms with Gasteiger partial charge in [0, 0.05) is 35.9 Å². The molecule has 0 atom stereocenters. The molecular weight excluding hydrogens is 400 g/mol. The van der Waals surface area contributed by atoms with Crippen molar-refractivity contribution >= 4 is 16.6 Å². The van der Waals surface area contributed by atoms with Crippen LogP contribution in [0, 0.1) is 0 Å². The molecule has 1 saturated heterocycles. The van der Waals surface area contributed by atoms with Gasteiger partial charge in [-0.2, -0.15) is 0 Å². The molecule has 1 fully saturated rings. The number of nitrogens with one attached hydrogen (secondary N) is 1. The standard InChI is InChI=1S/C26H40N4O2/c1-31-24-18-21-23(19-25(24)32-17-9-16-30-14-6-7-15-30)29-22-11-8-10-20(22)26(21)28-13-5-3-2-4-12-27/h18-19H,2-17,27H2,1H3,(H,28,29). The van der Waals surface area contributed by atoms with Gasteiger partial charge in [-0.25, -0.2) is 0 Å². The highest BCUT2D eigenvalue weighted by Crippen LogP contribution is 2.39. The first-order valence-electron chi connectivity index (χ1n) is 12.6. The summed E-state index contributed by atoms with van der Waals surface area (Å²) in [5.74, 6) is 1.60. The molecule has 4 rings (SSSR count). The van der Waals surface area contributed by atoms with Crippen LogP contribution in [0.2, 0.25) is 0 Å². The van der Waals surface area contributed by atoms with E-state index >= 15 is 0 Å². The van der Waals surface area contributed by atoms with Gasteiger partial charge in [0.15, 0.2) is 11.5 Å². The molecule has 1 aromatic carbocycles. The van der Waals surface area contributed by atoms with Crippen molar-refractivity contribution in [3.8, 4) is 11.5 Å². The summed E-state index contributed by atoms with van der Waals surface area (Å²) in [6.45, 7) is 6.05. The average molecular weight is 441 g/mol. The van der Waals surface area contributed by atoms with Crippen molar-refractivity contribution in [2.75, 3.05) is 51.8 Å². The lowest BCUT2D eigenvalue weighted by atomic mass is 10.1. The SMILES string of the molecule is COc1cc2c(NCCCCCCN)c3c(nc2cc1OCCCN1CCCC1)CCC3. The topological polar surface area (TPSA) is 72.6 Å². The molecule has 0 bridgehead atoms. The number of hydrogen-bond donors (Lipinski definition) is 2. The van der Waals surface area contributed by atoms with Crippen LogP contribution in [0.3, 0.4) is 0 Å². The first kappa shape index (κ1) is 23.1. The number of hydrogen-bond acceptors (Lipinski definition) is 6. The van der Waals surface area contributed by atoms with Gasteiger partial charge in [0.05, 0.1) is 19.2 Å². The van der Waals surface area contributed by atoms with E-state index in [-0.39, 0.29) is 0 Å². The van der Waals surface area contributed by atoms with E-state index in [0.717, 1.165) is 74.1 Å². The molecule has 6 heteroatoms. The van der Waals surface area contributed by atoms with Gasteiger partial charge in [-0.15, -0.1) is 0 Å². The fourth-order valence-electron chi connectivity index (χ4n) is 5.06. The summed E-state index contributed by atoms with van der Waals surface area (Å²) in [5.41, 5.74) is 10.5. The van der Waals surface area contributed by atoms with Crippen LogP contribution in [-0.2, 0) is 12.8 Å². The summed E-state index contributed by atoms with van der Waals surface area (Å²) in [4.78, 5) is 7.54. The third kappa shape index (κ3) is 5.65. The number of likely N-dealkylation sites (tertiary alicyclic amines) is 1. The molecule has 3 N–H and O–H groups in total. The largest absolute Gasteiger partial charge is 0.493 e. The summed E-state index contributed by atoms with van der Waals surface area (Å²) in [6, 6.07) is 4.20. The highest BCUT2D eigenvalue weighted by molar-refractivity contribution is 5.96. The minimum absolute atomic E-state index is 0.706. The van der Waals surface area contributed by atoms with E-state index in [2.05, 4.69) is 22.3 Å². The molecule has 2 aromatic rings. The van der Waals surface area contributed by atoms with E-state index < -0.39 is 0 Å². The number of aryl methyl sites for hydroxylation is 1. The second kappa shape index (κ2) is 11.7. The lowest BCUT2D eigenvalue weighted by Crippen LogP contribution is -2.21. The summed E-state index contributed by atoms with van der Waals surface area (Å²) < 4.78 is 11.9. The van der Waals surface area contributed by atoms with Gasteiger partial charge >= 0.3 is 0 Å². The Hall–Kier alpha value is -2.05. The van der Waals surface area contributed by atoms with E-state index in [9.17, 15) is 0 Å². The molecule has 0 unspecified atom stereocenters. The third-order valence-corrected chi connectivity index (χ3v) is 6.80. The Morgan fingerprint density at radius 2 is 1.84 bits per heavy atom. The van der Waals surface area contributed by atoms with Crippen LogP contribution in [-0.4, -0.2) is 56.3 Å². The zero-order valence-corrected chi connectivity index (χ0v) is 19.8. The van der Waals surface area contributed by atoms with Gasteiger partial charge in [-0.1, -0.05) is 12.8 Å². The van der Waals surface area contributed by atoms with Crippen LogP contribution < -0.4 is 20.5 Å². The second-order valence-corrected chi connectivity index (χ2v) is 9.17. The molecule has 0 spiro atoms. The number of rotatable bonds is 13. The van der Waals surface area contributed by atoms with Gasteiger partial charge in [0.25, 0.3) is 0 Å². The average Bonchev–Trinajstić information content (AvgIpc) is 3.50. The number of pyridine rings is 1. The molecule has 2 aliphatic rings. The molecule has 1 aliphatic heterocycles. The monoisotopic (exact) mass is 440 g/mol. The first-order valence-corrected chi connectivity index (χ1v) is 12.6. The predicted octanol–water partition coefficient (Wildman–Crippen LogP) is 4.53. The highest BCUT2D eigenvalue weighted by atomic mass is 16.5. The normalized spacial score (nSPS) is 15.9. The lowest BCUT2D eigenvalue weighted by molar-refractivity contribution is 0.254. The van der Waals surface area contributed by atoms with E-state index in [4.69, 9.17) is 20.2 Å². The number of anilines is 1. The van der Waals surface area contributed by atoms with Crippen molar-refractivity contribution in [1.29, 1.82) is 0 Å². The number of fused-ring (bicyclic) bond motifs is 2. The molecule has 32 heavy (non-hydrogen) atoms. The third-order valence-electron chi connectivity index (χ3n) is 6.80. The van der Waals surface area contributed by atoms with Gasteiger partial charge in [0.2, 0.25) is 0 Å². The maximum absolute atomic E-state index is 6.17. The van der Waals surface area contributed by atoms with Crippen LogP contribution in [0.5, 0.6) is 11.5 Å². The minimum atomic E-state index is 0.706. The second-order valence-electron chi connectivity index (χ2n) is 9.17. The molecule has 2 heterocycles. The van der Waals surface area contributed by atoms with Crippen molar-refractivity contribution in [3.05, 3.63) is 23.4 Å². The molecule has 1 aliphatic carbocycles. The summed E-state index contributed by atoms with van der Waals surface area (Å²) in [7, 11) is 1.73. The Bertz CT molecular complexity index is 880. The van der Waals surface area contributed by atoms with Crippen LogP contribution in [0.1, 0.15) is 62.6 Å². The van der Waals surface area contributed by atoms with Gasteiger partial charge in [-0.05, 0) is 82.6 Å². The number of benzene rings is 1. The number of unbranched alkanes of at least 4 members (excludes halogenated alkanes) is 3. The predicted molar refractivity (Wildman–Crippen MR) is 132 cm³/mol. The number of ether oxygens (including phenoxy) is 2. The number of nitrogens with zero attached hydrogens (tertiary/aromatic N) is 2. The Kier molecular flexibility index (Phi) is 8.46. The van der Waals surface area contributed by atoms with Crippen LogP contribution in [0.4, 0.5) is 5.69 Å². The fourth-order valence-corrected chi connectivity index (χ4v) is 5.06. The Balaban J connectivity index is 1.47. The molecule has 176 valence electrons. The van der Waals surface area contributed by atoms with E-state index in [0.29, 0.717) is 6.61 Å².